The summed E-state index contributed by atoms with van der Waals surface area (Å²) in [5.74, 6) is 1.05. The second kappa shape index (κ2) is 7.68. The minimum Gasteiger partial charge on any atom is -0.396 e. The summed E-state index contributed by atoms with van der Waals surface area (Å²) < 4.78 is 1.15. The van der Waals surface area contributed by atoms with Gasteiger partial charge in [0.25, 0.3) is 0 Å². The summed E-state index contributed by atoms with van der Waals surface area (Å²) >= 11 is 7.00. The molecule has 0 aliphatic rings. The molecular formula is C10H16BrNOS2. The van der Waals surface area contributed by atoms with E-state index in [0.717, 1.165) is 23.2 Å². The Balaban J connectivity index is 2.32. The molecule has 1 rings (SSSR count). The van der Waals surface area contributed by atoms with Crippen molar-refractivity contribution in [1.82, 2.24) is 5.32 Å². The standard InChI is InChI=1S/C10H16BrNOS2/c1-14-7-9(2-3-13)12-5-10-4-8(11)6-15-10/h4,6,9,12-13H,2-3,5,7H2,1H3. The second-order valence-corrected chi connectivity index (χ2v) is 6.10. The summed E-state index contributed by atoms with van der Waals surface area (Å²) in [6.45, 7) is 1.15. The number of hydrogen-bond donors (Lipinski definition) is 2. The lowest BCUT2D eigenvalue weighted by molar-refractivity contribution is 0.270. The maximum Gasteiger partial charge on any atom is 0.0446 e. The molecule has 1 unspecified atom stereocenters. The Bertz CT molecular complexity index is 274. The van der Waals surface area contributed by atoms with Gasteiger partial charge in [-0.15, -0.1) is 11.3 Å². The molecule has 1 atom stereocenters. The van der Waals surface area contributed by atoms with Crippen molar-refractivity contribution in [3.8, 4) is 0 Å². The SMILES string of the molecule is CSCC(CCO)NCc1cc(Br)cs1. The molecule has 1 aromatic heterocycles. The van der Waals surface area contributed by atoms with Gasteiger partial charge in [0.2, 0.25) is 0 Å². The number of rotatable bonds is 7. The van der Waals surface area contributed by atoms with Crippen LogP contribution in [0.15, 0.2) is 15.9 Å². The highest BCUT2D eigenvalue weighted by Gasteiger charge is 2.07. The number of thiophene rings is 1. The molecule has 15 heavy (non-hydrogen) atoms. The van der Waals surface area contributed by atoms with Crippen LogP contribution < -0.4 is 5.32 Å². The summed E-state index contributed by atoms with van der Waals surface area (Å²) in [6, 6.07) is 2.54. The van der Waals surface area contributed by atoms with Gasteiger partial charge in [0.05, 0.1) is 0 Å². The van der Waals surface area contributed by atoms with E-state index in [2.05, 4.69) is 38.9 Å². The normalized spacial score (nSPS) is 13.0. The fraction of sp³-hybridized carbons (Fsp3) is 0.600. The van der Waals surface area contributed by atoms with Gasteiger partial charge in [0.15, 0.2) is 0 Å². The number of hydrogen-bond acceptors (Lipinski definition) is 4. The Hall–Kier alpha value is 0.450. The van der Waals surface area contributed by atoms with E-state index < -0.39 is 0 Å². The van der Waals surface area contributed by atoms with Crippen molar-refractivity contribution >= 4 is 39.0 Å². The molecule has 0 aliphatic carbocycles. The van der Waals surface area contributed by atoms with E-state index in [0.29, 0.717) is 6.04 Å². The molecule has 0 bridgehead atoms. The third-order valence-electron chi connectivity index (χ3n) is 2.03. The maximum absolute atomic E-state index is 8.91. The van der Waals surface area contributed by atoms with Crippen molar-refractivity contribution in [3.63, 3.8) is 0 Å². The lowest BCUT2D eigenvalue weighted by atomic mass is 10.2. The van der Waals surface area contributed by atoms with Crippen LogP contribution in [0.2, 0.25) is 0 Å². The fourth-order valence-corrected chi connectivity index (χ4v) is 3.38. The minimum absolute atomic E-state index is 0.256. The van der Waals surface area contributed by atoms with Gasteiger partial charge in [0.1, 0.15) is 0 Å². The predicted octanol–water partition coefficient (Wildman–Crippen LogP) is 2.71. The second-order valence-electron chi connectivity index (χ2n) is 3.28. The van der Waals surface area contributed by atoms with Crippen LogP contribution in [0.5, 0.6) is 0 Å². The van der Waals surface area contributed by atoms with Gasteiger partial charge >= 0.3 is 0 Å². The first-order valence-electron chi connectivity index (χ1n) is 4.82. The zero-order chi connectivity index (χ0) is 11.1. The Morgan fingerprint density at radius 1 is 1.67 bits per heavy atom. The maximum atomic E-state index is 8.91. The van der Waals surface area contributed by atoms with Crippen LogP contribution in [0.3, 0.4) is 0 Å². The quantitative estimate of drug-likeness (QED) is 0.812. The van der Waals surface area contributed by atoms with E-state index in [1.165, 1.54) is 4.88 Å². The first-order chi connectivity index (χ1) is 7.26. The summed E-state index contributed by atoms with van der Waals surface area (Å²) in [4.78, 5) is 1.32. The molecule has 0 saturated carbocycles. The molecule has 0 saturated heterocycles. The van der Waals surface area contributed by atoms with Gasteiger partial charge < -0.3 is 10.4 Å². The fourth-order valence-electron chi connectivity index (χ4n) is 1.29. The molecule has 0 amide bonds. The van der Waals surface area contributed by atoms with Gasteiger partial charge in [-0.2, -0.15) is 11.8 Å². The smallest absolute Gasteiger partial charge is 0.0446 e. The van der Waals surface area contributed by atoms with Crippen molar-refractivity contribution in [2.45, 2.75) is 19.0 Å². The molecular weight excluding hydrogens is 294 g/mol. The minimum atomic E-state index is 0.256. The molecule has 0 fully saturated rings. The molecule has 86 valence electrons. The van der Waals surface area contributed by atoms with Crippen LogP contribution in [0.4, 0.5) is 0 Å². The van der Waals surface area contributed by atoms with Crippen LogP contribution in [-0.4, -0.2) is 29.8 Å². The third kappa shape index (κ3) is 5.36. The average Bonchev–Trinajstić information content (AvgIpc) is 2.61. The Morgan fingerprint density at radius 3 is 3.00 bits per heavy atom. The summed E-state index contributed by atoms with van der Waals surface area (Å²) in [7, 11) is 0. The Labute approximate surface area is 108 Å². The molecule has 0 aromatic carbocycles. The first kappa shape index (κ1) is 13.5. The number of nitrogens with one attached hydrogen (secondary N) is 1. The number of aliphatic hydroxyl groups excluding tert-OH is 1. The van der Waals surface area contributed by atoms with Crippen LogP contribution in [0.25, 0.3) is 0 Å². The zero-order valence-electron chi connectivity index (χ0n) is 8.70. The van der Waals surface area contributed by atoms with Crippen molar-refractivity contribution in [1.29, 1.82) is 0 Å². The molecule has 2 N–H and O–H groups in total. The first-order valence-corrected chi connectivity index (χ1v) is 7.89. The van der Waals surface area contributed by atoms with Crippen molar-refractivity contribution in [3.05, 3.63) is 20.8 Å². The van der Waals surface area contributed by atoms with E-state index in [4.69, 9.17) is 5.11 Å². The molecule has 0 radical (unpaired) electrons. The third-order valence-corrected chi connectivity index (χ3v) is 4.47. The molecule has 0 spiro atoms. The van der Waals surface area contributed by atoms with Gasteiger partial charge in [-0.25, -0.2) is 0 Å². The molecule has 2 nitrogen and oxygen atoms in total. The lowest BCUT2D eigenvalue weighted by Crippen LogP contribution is -2.31. The van der Waals surface area contributed by atoms with Crippen molar-refractivity contribution in [2.24, 2.45) is 0 Å². The number of aliphatic hydroxyl groups is 1. The zero-order valence-corrected chi connectivity index (χ0v) is 11.9. The topological polar surface area (TPSA) is 32.3 Å². The molecule has 5 heteroatoms. The average molecular weight is 310 g/mol. The van der Waals surface area contributed by atoms with Crippen LogP contribution >= 0.6 is 39.0 Å². The summed E-state index contributed by atoms with van der Waals surface area (Å²) in [6.07, 6.45) is 2.92. The van der Waals surface area contributed by atoms with Crippen LogP contribution in [-0.2, 0) is 6.54 Å². The Kier molecular flexibility index (Phi) is 6.92. The van der Waals surface area contributed by atoms with E-state index in [-0.39, 0.29) is 6.61 Å². The van der Waals surface area contributed by atoms with Gasteiger partial charge in [0, 0.05) is 39.7 Å². The van der Waals surface area contributed by atoms with Crippen LogP contribution in [0, 0.1) is 0 Å². The van der Waals surface area contributed by atoms with Gasteiger partial charge in [-0.3, -0.25) is 0 Å². The van der Waals surface area contributed by atoms with Crippen molar-refractivity contribution in [2.75, 3.05) is 18.6 Å². The lowest BCUT2D eigenvalue weighted by Gasteiger charge is -2.15. The van der Waals surface area contributed by atoms with Gasteiger partial charge in [-0.05, 0) is 34.7 Å². The number of halogens is 1. The van der Waals surface area contributed by atoms with E-state index in [9.17, 15) is 0 Å². The number of thioether (sulfide) groups is 1. The molecule has 0 aliphatic heterocycles. The van der Waals surface area contributed by atoms with Gasteiger partial charge in [-0.1, -0.05) is 0 Å². The summed E-state index contributed by atoms with van der Waals surface area (Å²) in [5.41, 5.74) is 0. The summed E-state index contributed by atoms with van der Waals surface area (Å²) in [5, 5.41) is 14.5. The van der Waals surface area contributed by atoms with E-state index in [1.54, 1.807) is 11.3 Å². The van der Waals surface area contributed by atoms with E-state index in [1.807, 2.05) is 11.8 Å². The largest absolute Gasteiger partial charge is 0.396 e. The highest BCUT2D eigenvalue weighted by Crippen LogP contribution is 2.19. The van der Waals surface area contributed by atoms with Crippen molar-refractivity contribution < 1.29 is 5.11 Å². The highest BCUT2D eigenvalue weighted by molar-refractivity contribution is 9.10. The molecule has 1 aromatic rings. The van der Waals surface area contributed by atoms with Crippen LogP contribution in [0.1, 0.15) is 11.3 Å². The predicted molar refractivity (Wildman–Crippen MR) is 72.7 cm³/mol. The van der Waals surface area contributed by atoms with E-state index >= 15 is 0 Å². The molecule has 1 heterocycles. The monoisotopic (exact) mass is 309 g/mol. The highest BCUT2D eigenvalue weighted by atomic mass is 79.9. The Morgan fingerprint density at radius 2 is 2.47 bits per heavy atom.